The number of carbonyl (C=O) groups excluding carboxylic acids is 1. The summed E-state index contributed by atoms with van der Waals surface area (Å²) in [6.07, 6.45) is 2.27. The van der Waals surface area contributed by atoms with Gasteiger partial charge in [-0.2, -0.15) is 0 Å². The number of rotatable bonds is 5. The standard InChI is InChI=1S/C13H13BrClN3OS/c1-16-12-6-9(10(15)7-18-12)13(19)17-5-4-8-2-3-11(14)20-8/h2-3,6-7H,4-5H2,1H3,(H,16,18)(H,17,19). The first kappa shape index (κ1) is 15.3. The Morgan fingerprint density at radius 1 is 1.50 bits per heavy atom. The second-order valence-electron chi connectivity index (χ2n) is 4.01. The van der Waals surface area contributed by atoms with Crippen LogP contribution in [0.5, 0.6) is 0 Å². The largest absolute Gasteiger partial charge is 0.373 e. The minimum Gasteiger partial charge on any atom is -0.373 e. The lowest BCUT2D eigenvalue weighted by Crippen LogP contribution is -2.26. The lowest BCUT2D eigenvalue weighted by molar-refractivity contribution is 0.0954. The van der Waals surface area contributed by atoms with Crippen LogP contribution in [0.2, 0.25) is 5.02 Å². The maximum atomic E-state index is 12.1. The van der Waals surface area contributed by atoms with Crippen molar-refractivity contribution in [3.63, 3.8) is 0 Å². The van der Waals surface area contributed by atoms with Gasteiger partial charge >= 0.3 is 0 Å². The van der Waals surface area contributed by atoms with E-state index in [2.05, 4.69) is 31.5 Å². The van der Waals surface area contributed by atoms with Gasteiger partial charge in [-0.15, -0.1) is 11.3 Å². The number of nitrogens with one attached hydrogen (secondary N) is 2. The van der Waals surface area contributed by atoms with Crippen LogP contribution >= 0.6 is 38.9 Å². The molecule has 0 aliphatic carbocycles. The van der Waals surface area contributed by atoms with Gasteiger partial charge in [0.15, 0.2) is 0 Å². The van der Waals surface area contributed by atoms with Gasteiger partial charge in [0, 0.05) is 24.7 Å². The fraction of sp³-hybridized carbons (Fsp3) is 0.231. The summed E-state index contributed by atoms with van der Waals surface area (Å²) in [6, 6.07) is 5.68. The van der Waals surface area contributed by atoms with E-state index in [-0.39, 0.29) is 5.91 Å². The molecule has 0 aliphatic heterocycles. The van der Waals surface area contributed by atoms with Crippen molar-refractivity contribution in [2.75, 3.05) is 18.9 Å². The van der Waals surface area contributed by atoms with Gasteiger partial charge in [0.25, 0.3) is 5.91 Å². The molecule has 0 saturated carbocycles. The molecule has 20 heavy (non-hydrogen) atoms. The molecule has 2 aromatic rings. The van der Waals surface area contributed by atoms with Crippen molar-refractivity contribution in [1.29, 1.82) is 0 Å². The van der Waals surface area contributed by atoms with E-state index < -0.39 is 0 Å². The third kappa shape index (κ3) is 3.94. The van der Waals surface area contributed by atoms with Crippen LogP contribution in [0.1, 0.15) is 15.2 Å². The first-order chi connectivity index (χ1) is 9.60. The van der Waals surface area contributed by atoms with Crippen molar-refractivity contribution in [1.82, 2.24) is 10.3 Å². The number of nitrogens with zero attached hydrogens (tertiary/aromatic N) is 1. The van der Waals surface area contributed by atoms with Gasteiger partial charge in [-0.05, 0) is 40.5 Å². The number of anilines is 1. The van der Waals surface area contributed by atoms with Crippen LogP contribution < -0.4 is 10.6 Å². The third-order valence-electron chi connectivity index (χ3n) is 2.64. The molecule has 0 radical (unpaired) electrons. The molecule has 1 amide bonds. The van der Waals surface area contributed by atoms with Crippen molar-refractivity contribution in [3.05, 3.63) is 43.6 Å². The van der Waals surface area contributed by atoms with E-state index in [1.54, 1.807) is 24.5 Å². The lowest BCUT2D eigenvalue weighted by atomic mass is 10.2. The predicted molar refractivity (Wildman–Crippen MR) is 86.8 cm³/mol. The summed E-state index contributed by atoms with van der Waals surface area (Å²) in [6.45, 7) is 0.569. The molecule has 2 N–H and O–H groups in total. The number of hydrogen-bond donors (Lipinski definition) is 2. The zero-order valence-electron chi connectivity index (χ0n) is 10.7. The third-order valence-corrected chi connectivity index (χ3v) is 4.63. The summed E-state index contributed by atoms with van der Waals surface area (Å²) in [5.41, 5.74) is 0.429. The van der Waals surface area contributed by atoms with Gasteiger partial charge in [-0.25, -0.2) is 4.98 Å². The van der Waals surface area contributed by atoms with Crippen molar-refractivity contribution in [2.45, 2.75) is 6.42 Å². The average Bonchev–Trinajstić information content (AvgIpc) is 2.85. The highest BCUT2D eigenvalue weighted by Crippen LogP contribution is 2.22. The topological polar surface area (TPSA) is 54.0 Å². The van der Waals surface area contributed by atoms with Crippen LogP contribution in [0, 0.1) is 0 Å². The summed E-state index contributed by atoms with van der Waals surface area (Å²) < 4.78 is 1.09. The van der Waals surface area contributed by atoms with Gasteiger partial charge in [-0.3, -0.25) is 4.79 Å². The zero-order valence-corrected chi connectivity index (χ0v) is 13.9. The van der Waals surface area contributed by atoms with Crippen LogP contribution in [-0.4, -0.2) is 24.5 Å². The van der Waals surface area contributed by atoms with Crippen LogP contribution in [0.4, 0.5) is 5.82 Å². The van der Waals surface area contributed by atoms with E-state index in [9.17, 15) is 4.79 Å². The van der Waals surface area contributed by atoms with E-state index in [1.165, 1.54) is 11.1 Å². The molecule has 0 saturated heterocycles. The molecule has 2 heterocycles. The van der Waals surface area contributed by atoms with Gasteiger partial charge in [0.05, 0.1) is 14.4 Å². The highest BCUT2D eigenvalue weighted by molar-refractivity contribution is 9.11. The van der Waals surface area contributed by atoms with Gasteiger partial charge in [0.2, 0.25) is 0 Å². The predicted octanol–water partition coefficient (Wildman–Crippen LogP) is 3.57. The van der Waals surface area contributed by atoms with Crippen LogP contribution in [-0.2, 0) is 6.42 Å². The molecule has 0 aromatic carbocycles. The van der Waals surface area contributed by atoms with Crippen molar-refractivity contribution in [3.8, 4) is 0 Å². The van der Waals surface area contributed by atoms with E-state index in [0.29, 0.717) is 22.9 Å². The molecule has 106 valence electrons. The van der Waals surface area contributed by atoms with E-state index >= 15 is 0 Å². The lowest BCUT2D eigenvalue weighted by Gasteiger charge is -2.07. The molecule has 0 atom stereocenters. The van der Waals surface area contributed by atoms with Crippen LogP contribution in [0.15, 0.2) is 28.2 Å². The van der Waals surface area contributed by atoms with E-state index in [1.807, 2.05) is 12.1 Å². The molecule has 2 aromatic heterocycles. The second-order valence-corrected chi connectivity index (χ2v) is 6.97. The molecule has 4 nitrogen and oxygen atoms in total. The number of aromatic nitrogens is 1. The maximum absolute atomic E-state index is 12.1. The van der Waals surface area contributed by atoms with Gasteiger partial charge in [-0.1, -0.05) is 11.6 Å². The molecule has 0 bridgehead atoms. The summed E-state index contributed by atoms with van der Waals surface area (Å²) in [7, 11) is 1.74. The highest BCUT2D eigenvalue weighted by atomic mass is 79.9. The smallest absolute Gasteiger partial charge is 0.253 e. The Bertz CT molecular complexity index is 617. The Kier molecular flexibility index (Phi) is 5.39. The molecule has 0 aliphatic rings. The maximum Gasteiger partial charge on any atom is 0.253 e. The molecular weight excluding hydrogens is 362 g/mol. The van der Waals surface area contributed by atoms with E-state index in [4.69, 9.17) is 11.6 Å². The molecule has 7 heteroatoms. The molecule has 0 unspecified atom stereocenters. The summed E-state index contributed by atoms with van der Waals surface area (Å²) in [5, 5.41) is 6.09. The number of thiophene rings is 1. The molecule has 0 spiro atoms. The Morgan fingerprint density at radius 2 is 2.30 bits per heavy atom. The fourth-order valence-electron chi connectivity index (χ4n) is 1.63. The summed E-state index contributed by atoms with van der Waals surface area (Å²) in [5.74, 6) is 0.422. The average molecular weight is 375 g/mol. The quantitative estimate of drug-likeness (QED) is 0.841. The molecule has 0 fully saturated rings. The van der Waals surface area contributed by atoms with Gasteiger partial charge in [0.1, 0.15) is 5.82 Å². The first-order valence-corrected chi connectivity index (χ1v) is 7.94. The Morgan fingerprint density at radius 3 is 2.95 bits per heavy atom. The monoisotopic (exact) mass is 373 g/mol. The van der Waals surface area contributed by atoms with Crippen molar-refractivity contribution >= 4 is 50.6 Å². The normalized spacial score (nSPS) is 10.3. The number of halogens is 2. The Balaban J connectivity index is 1.94. The molecular formula is C13H13BrClN3OS. The first-order valence-electron chi connectivity index (χ1n) is 5.96. The minimum atomic E-state index is -0.190. The number of carbonyl (C=O) groups is 1. The summed E-state index contributed by atoms with van der Waals surface area (Å²) >= 11 is 11.1. The zero-order chi connectivity index (χ0) is 14.5. The Labute approximate surface area is 134 Å². The van der Waals surface area contributed by atoms with Gasteiger partial charge < -0.3 is 10.6 Å². The van der Waals surface area contributed by atoms with Crippen molar-refractivity contribution in [2.24, 2.45) is 0 Å². The minimum absolute atomic E-state index is 0.190. The van der Waals surface area contributed by atoms with Crippen molar-refractivity contribution < 1.29 is 4.79 Å². The SMILES string of the molecule is CNc1cc(C(=O)NCCc2ccc(Br)s2)c(Cl)cn1. The van der Waals surface area contributed by atoms with E-state index in [0.717, 1.165) is 10.2 Å². The van der Waals surface area contributed by atoms with Crippen LogP contribution in [0.25, 0.3) is 0 Å². The van der Waals surface area contributed by atoms with Crippen LogP contribution in [0.3, 0.4) is 0 Å². The highest BCUT2D eigenvalue weighted by Gasteiger charge is 2.11. The fourth-order valence-corrected chi connectivity index (χ4v) is 3.30. The number of hydrogen-bond acceptors (Lipinski definition) is 4. The summed E-state index contributed by atoms with van der Waals surface area (Å²) in [4.78, 5) is 17.3. The second kappa shape index (κ2) is 7.06. The number of pyridine rings is 1. The number of amides is 1. The molecule has 2 rings (SSSR count). The Hall–Kier alpha value is -1.11.